The number of methoxy groups -OCH3 is 1. The highest BCUT2D eigenvalue weighted by atomic mass is 32.1. The second kappa shape index (κ2) is 6.54. The molecule has 1 aliphatic rings. The maximum absolute atomic E-state index is 12.0. The van der Waals surface area contributed by atoms with Crippen LogP contribution in [0.15, 0.2) is 23.2 Å². The van der Waals surface area contributed by atoms with Gasteiger partial charge in [-0.2, -0.15) is 4.99 Å². The van der Waals surface area contributed by atoms with Crippen molar-refractivity contribution in [2.45, 2.75) is 26.3 Å². The van der Waals surface area contributed by atoms with Gasteiger partial charge in [-0.25, -0.2) is 0 Å². The third kappa shape index (κ3) is 3.29. The second-order valence-electron chi connectivity index (χ2n) is 5.31. The van der Waals surface area contributed by atoms with Crippen molar-refractivity contribution in [1.29, 1.82) is 0 Å². The lowest BCUT2D eigenvalue weighted by Gasteiger charge is -2.08. The van der Waals surface area contributed by atoms with Crippen molar-refractivity contribution >= 4 is 33.4 Å². The van der Waals surface area contributed by atoms with E-state index in [1.807, 2.05) is 18.2 Å². The van der Waals surface area contributed by atoms with E-state index in [4.69, 9.17) is 9.47 Å². The molecule has 1 amide bonds. The van der Waals surface area contributed by atoms with Crippen LogP contribution in [0.1, 0.15) is 19.8 Å². The number of hydrogen-bond donors (Lipinski definition) is 0. The third-order valence-corrected chi connectivity index (χ3v) is 4.65. The quantitative estimate of drug-likeness (QED) is 0.785. The Morgan fingerprint density at radius 3 is 2.83 bits per heavy atom. The van der Waals surface area contributed by atoms with E-state index in [1.54, 1.807) is 18.6 Å². The lowest BCUT2D eigenvalue weighted by Crippen LogP contribution is -2.23. The van der Waals surface area contributed by atoms with Crippen LogP contribution in [0.3, 0.4) is 0 Å². The fourth-order valence-electron chi connectivity index (χ4n) is 2.35. The van der Waals surface area contributed by atoms with Crippen molar-refractivity contribution in [3.63, 3.8) is 0 Å². The molecule has 6 nitrogen and oxygen atoms in total. The first-order valence-corrected chi connectivity index (χ1v) is 8.36. The van der Waals surface area contributed by atoms with Gasteiger partial charge in [-0.3, -0.25) is 9.59 Å². The summed E-state index contributed by atoms with van der Waals surface area (Å²) in [6.07, 6.45) is 1.79. The minimum Gasteiger partial charge on any atom is -0.495 e. The van der Waals surface area contributed by atoms with E-state index in [-0.39, 0.29) is 24.3 Å². The van der Waals surface area contributed by atoms with E-state index in [2.05, 4.69) is 4.99 Å². The van der Waals surface area contributed by atoms with Crippen molar-refractivity contribution in [2.24, 2.45) is 10.9 Å². The van der Waals surface area contributed by atoms with E-state index in [0.717, 1.165) is 23.1 Å². The summed E-state index contributed by atoms with van der Waals surface area (Å²) in [6, 6.07) is 5.62. The first-order valence-electron chi connectivity index (χ1n) is 7.54. The van der Waals surface area contributed by atoms with Crippen molar-refractivity contribution in [1.82, 2.24) is 4.57 Å². The Kier molecular flexibility index (Phi) is 4.47. The molecule has 0 radical (unpaired) electrons. The van der Waals surface area contributed by atoms with Gasteiger partial charge in [0.1, 0.15) is 17.8 Å². The molecule has 3 rings (SSSR count). The van der Waals surface area contributed by atoms with Crippen LogP contribution < -0.4 is 9.54 Å². The Balaban J connectivity index is 2.13. The van der Waals surface area contributed by atoms with Crippen LogP contribution >= 0.6 is 11.3 Å². The smallest absolute Gasteiger partial charge is 0.326 e. The zero-order chi connectivity index (χ0) is 16.4. The third-order valence-electron chi connectivity index (χ3n) is 3.61. The summed E-state index contributed by atoms with van der Waals surface area (Å²) in [5, 5.41) is 0. The van der Waals surface area contributed by atoms with Crippen molar-refractivity contribution in [3.8, 4) is 5.75 Å². The highest BCUT2D eigenvalue weighted by Crippen LogP contribution is 2.31. The van der Waals surface area contributed by atoms with Gasteiger partial charge >= 0.3 is 5.97 Å². The van der Waals surface area contributed by atoms with Gasteiger partial charge in [0, 0.05) is 5.92 Å². The number of para-hydroxylation sites is 1. The number of ether oxygens (including phenoxy) is 2. The van der Waals surface area contributed by atoms with Crippen LogP contribution in [-0.4, -0.2) is 30.2 Å². The molecule has 122 valence electrons. The molecule has 7 heteroatoms. The minimum atomic E-state index is -0.363. The average Bonchev–Trinajstić information content (AvgIpc) is 3.32. The van der Waals surface area contributed by atoms with Crippen molar-refractivity contribution in [3.05, 3.63) is 23.0 Å². The zero-order valence-electron chi connectivity index (χ0n) is 13.1. The van der Waals surface area contributed by atoms with Crippen LogP contribution in [0.4, 0.5) is 0 Å². The molecule has 0 N–H and O–H groups in total. The molecule has 0 spiro atoms. The van der Waals surface area contributed by atoms with Gasteiger partial charge < -0.3 is 14.0 Å². The zero-order valence-corrected chi connectivity index (χ0v) is 13.9. The summed E-state index contributed by atoms with van der Waals surface area (Å²) in [5.41, 5.74) is 0.760. The van der Waals surface area contributed by atoms with Crippen LogP contribution in [0.5, 0.6) is 5.75 Å². The van der Waals surface area contributed by atoms with Crippen molar-refractivity contribution < 1.29 is 19.1 Å². The van der Waals surface area contributed by atoms with Gasteiger partial charge in [-0.05, 0) is 31.9 Å². The Morgan fingerprint density at radius 1 is 1.39 bits per heavy atom. The van der Waals surface area contributed by atoms with Crippen LogP contribution in [0.25, 0.3) is 10.2 Å². The monoisotopic (exact) mass is 334 g/mol. The molecule has 1 saturated carbocycles. The Hall–Kier alpha value is -2.15. The van der Waals surface area contributed by atoms with Gasteiger partial charge in [-0.15, -0.1) is 0 Å². The average molecular weight is 334 g/mol. The molecular formula is C16H18N2O4S. The number of carbonyl (C=O) groups is 2. The first kappa shape index (κ1) is 15.7. The molecule has 0 saturated heterocycles. The Morgan fingerprint density at radius 2 is 2.17 bits per heavy atom. The SMILES string of the molecule is CCOC(=O)Cn1c(=NC(=O)C2CC2)sc2cccc(OC)c21. The number of nitrogens with zero attached hydrogens (tertiary/aromatic N) is 2. The van der Waals surface area contributed by atoms with Gasteiger partial charge in [-0.1, -0.05) is 17.4 Å². The molecule has 0 atom stereocenters. The standard InChI is InChI=1S/C16H18N2O4S/c1-3-22-13(19)9-18-14-11(21-2)5-4-6-12(14)23-16(18)17-15(20)10-7-8-10/h4-6,10H,3,7-9H2,1-2H3. The fourth-order valence-corrected chi connectivity index (χ4v) is 3.40. The molecule has 0 aliphatic heterocycles. The van der Waals surface area contributed by atoms with Crippen LogP contribution in [-0.2, 0) is 20.9 Å². The molecular weight excluding hydrogens is 316 g/mol. The summed E-state index contributed by atoms with van der Waals surface area (Å²) in [4.78, 5) is 28.7. The van der Waals surface area contributed by atoms with E-state index in [0.29, 0.717) is 17.2 Å². The molecule has 23 heavy (non-hydrogen) atoms. The highest BCUT2D eigenvalue weighted by molar-refractivity contribution is 7.16. The van der Waals surface area contributed by atoms with Crippen LogP contribution in [0.2, 0.25) is 0 Å². The summed E-state index contributed by atoms with van der Waals surface area (Å²) in [5.74, 6) is 0.202. The fraction of sp³-hybridized carbons (Fsp3) is 0.438. The molecule has 1 heterocycles. The lowest BCUT2D eigenvalue weighted by molar-refractivity contribution is -0.143. The minimum absolute atomic E-state index is 0.00495. The molecule has 1 fully saturated rings. The van der Waals surface area contributed by atoms with Crippen LogP contribution in [0, 0.1) is 5.92 Å². The van der Waals surface area contributed by atoms with E-state index in [9.17, 15) is 9.59 Å². The maximum Gasteiger partial charge on any atom is 0.326 e. The Labute approximate surface area is 137 Å². The molecule has 1 aromatic carbocycles. The normalized spacial score (nSPS) is 15.0. The number of esters is 1. The van der Waals surface area contributed by atoms with Gasteiger partial charge in [0.05, 0.1) is 18.4 Å². The number of carbonyl (C=O) groups excluding carboxylic acids is 2. The highest BCUT2D eigenvalue weighted by Gasteiger charge is 2.29. The number of rotatable bonds is 5. The summed E-state index contributed by atoms with van der Waals surface area (Å²) < 4.78 is 13.0. The Bertz CT molecular complexity index is 817. The second-order valence-corrected chi connectivity index (χ2v) is 6.32. The first-order chi connectivity index (χ1) is 11.1. The van der Waals surface area contributed by atoms with E-state index >= 15 is 0 Å². The lowest BCUT2D eigenvalue weighted by atomic mass is 10.3. The topological polar surface area (TPSA) is 69.9 Å². The number of benzene rings is 1. The molecule has 2 aromatic rings. The largest absolute Gasteiger partial charge is 0.495 e. The van der Waals surface area contributed by atoms with Gasteiger partial charge in [0.25, 0.3) is 5.91 Å². The number of hydrogen-bond acceptors (Lipinski definition) is 5. The van der Waals surface area contributed by atoms with Crippen molar-refractivity contribution in [2.75, 3.05) is 13.7 Å². The summed E-state index contributed by atoms with van der Waals surface area (Å²) in [7, 11) is 1.58. The van der Waals surface area contributed by atoms with E-state index < -0.39 is 0 Å². The maximum atomic E-state index is 12.0. The van der Waals surface area contributed by atoms with Gasteiger partial charge in [0.15, 0.2) is 4.80 Å². The predicted molar refractivity (Wildman–Crippen MR) is 86.3 cm³/mol. The summed E-state index contributed by atoms with van der Waals surface area (Å²) in [6.45, 7) is 2.08. The molecule has 1 aromatic heterocycles. The number of thiazole rings is 1. The summed E-state index contributed by atoms with van der Waals surface area (Å²) >= 11 is 1.37. The van der Waals surface area contributed by atoms with Gasteiger partial charge in [0.2, 0.25) is 0 Å². The van der Waals surface area contributed by atoms with E-state index in [1.165, 1.54) is 11.3 Å². The molecule has 0 bridgehead atoms. The molecule has 0 unspecified atom stereocenters. The molecule has 1 aliphatic carbocycles. The number of amides is 1. The number of fused-ring (bicyclic) bond motifs is 1. The predicted octanol–water partition coefficient (Wildman–Crippen LogP) is 2.11. The number of aromatic nitrogens is 1.